The lowest BCUT2D eigenvalue weighted by Crippen LogP contribution is -2.53. The molecule has 2 aromatic carbocycles. The van der Waals surface area contributed by atoms with Gasteiger partial charge in [0.25, 0.3) is 0 Å². The second kappa shape index (κ2) is 9.69. The molecular weight excluding hydrogens is 454 g/mol. The van der Waals surface area contributed by atoms with Crippen LogP contribution in [-0.2, 0) is 11.2 Å². The van der Waals surface area contributed by atoms with Gasteiger partial charge < -0.3 is 14.7 Å². The second-order valence-corrected chi connectivity index (χ2v) is 9.97. The summed E-state index contributed by atoms with van der Waals surface area (Å²) in [6, 6.07) is 16.3. The van der Waals surface area contributed by atoms with Gasteiger partial charge in [-0.1, -0.05) is 47.5 Å². The summed E-state index contributed by atoms with van der Waals surface area (Å²) in [5.41, 5.74) is 3.57. The summed E-state index contributed by atoms with van der Waals surface area (Å²) in [4.78, 5) is 24.7. The first-order valence-corrected chi connectivity index (χ1v) is 12.7. The van der Waals surface area contributed by atoms with Crippen molar-refractivity contribution in [2.45, 2.75) is 32.2 Å². The monoisotopic (exact) mass is 481 g/mol. The Kier molecular flexibility index (Phi) is 6.51. The number of hydrogen-bond donors (Lipinski definition) is 0. The molecule has 172 valence electrons. The molecule has 6 nitrogen and oxygen atoms in total. The Morgan fingerprint density at radius 1 is 1.09 bits per heavy atom. The SMILES string of the molecule is Cc1ccc(Cc2nsc(N3CCCC3C(=O)N3CCN(c4cccc(Cl)c4)CC3)n2)cc1. The minimum atomic E-state index is -0.136. The number of carbonyl (C=O) groups excluding carboxylic acids is 1. The Morgan fingerprint density at radius 2 is 1.88 bits per heavy atom. The molecule has 0 radical (unpaired) electrons. The van der Waals surface area contributed by atoms with Crippen LogP contribution in [0.2, 0.25) is 5.02 Å². The Hall–Kier alpha value is -2.64. The van der Waals surface area contributed by atoms with Gasteiger partial charge in [0.15, 0.2) is 0 Å². The zero-order valence-corrected chi connectivity index (χ0v) is 20.4. The van der Waals surface area contributed by atoms with Crippen molar-refractivity contribution in [3.05, 3.63) is 70.5 Å². The number of piperazine rings is 1. The smallest absolute Gasteiger partial charge is 0.245 e. The highest BCUT2D eigenvalue weighted by molar-refractivity contribution is 7.09. The largest absolute Gasteiger partial charge is 0.368 e. The first kappa shape index (κ1) is 22.2. The molecular formula is C25H28ClN5OS. The first-order chi connectivity index (χ1) is 16.1. The maximum absolute atomic E-state index is 13.4. The molecule has 2 aliphatic rings. The number of halogens is 1. The lowest BCUT2D eigenvalue weighted by Gasteiger charge is -2.38. The van der Waals surface area contributed by atoms with Gasteiger partial charge in [-0.3, -0.25) is 4.79 Å². The van der Waals surface area contributed by atoms with E-state index in [0.717, 1.165) is 67.2 Å². The van der Waals surface area contributed by atoms with Crippen molar-refractivity contribution in [3.8, 4) is 0 Å². The molecule has 3 aromatic rings. The molecule has 0 saturated carbocycles. The van der Waals surface area contributed by atoms with Gasteiger partial charge in [0, 0.05) is 61.4 Å². The van der Waals surface area contributed by atoms with E-state index in [1.807, 2.05) is 23.1 Å². The Balaban J connectivity index is 1.21. The molecule has 2 saturated heterocycles. The molecule has 1 atom stereocenters. The van der Waals surface area contributed by atoms with Gasteiger partial charge in [0.1, 0.15) is 11.9 Å². The average Bonchev–Trinajstić information content (AvgIpc) is 3.50. The summed E-state index contributed by atoms with van der Waals surface area (Å²) in [6.45, 7) is 6.04. The molecule has 1 amide bonds. The van der Waals surface area contributed by atoms with Crippen LogP contribution in [0.1, 0.15) is 29.8 Å². The molecule has 5 rings (SSSR count). The Labute approximate surface area is 204 Å². The van der Waals surface area contributed by atoms with Crippen LogP contribution in [0.3, 0.4) is 0 Å². The molecule has 3 heterocycles. The number of rotatable bonds is 5. The standard InChI is InChI=1S/C25H28ClN5OS/c1-18-7-9-19(10-8-18)16-23-27-25(33-28-23)31-11-3-6-22(31)24(32)30-14-12-29(13-15-30)21-5-2-4-20(26)17-21/h2,4-5,7-10,17,22H,3,6,11-16H2,1H3. The predicted molar refractivity (Wildman–Crippen MR) is 135 cm³/mol. The molecule has 1 aromatic heterocycles. The third kappa shape index (κ3) is 4.99. The molecule has 2 aliphatic heterocycles. The number of benzene rings is 2. The van der Waals surface area contributed by atoms with Crippen molar-refractivity contribution in [2.24, 2.45) is 0 Å². The second-order valence-electron chi connectivity index (χ2n) is 8.80. The molecule has 33 heavy (non-hydrogen) atoms. The third-order valence-corrected chi connectivity index (χ3v) is 7.51. The van der Waals surface area contributed by atoms with Gasteiger partial charge in [-0.25, -0.2) is 4.98 Å². The van der Waals surface area contributed by atoms with Crippen molar-refractivity contribution >= 4 is 39.9 Å². The van der Waals surface area contributed by atoms with Crippen LogP contribution in [0.15, 0.2) is 48.5 Å². The highest BCUT2D eigenvalue weighted by atomic mass is 35.5. The number of hydrogen-bond acceptors (Lipinski definition) is 6. The van der Waals surface area contributed by atoms with Crippen LogP contribution < -0.4 is 9.80 Å². The summed E-state index contributed by atoms with van der Waals surface area (Å²) < 4.78 is 4.58. The number of aryl methyl sites for hydroxylation is 1. The van der Waals surface area contributed by atoms with Crippen molar-refractivity contribution in [2.75, 3.05) is 42.5 Å². The number of nitrogens with zero attached hydrogens (tertiary/aromatic N) is 5. The van der Waals surface area contributed by atoms with E-state index in [4.69, 9.17) is 16.6 Å². The molecule has 2 fully saturated rings. The quantitative estimate of drug-likeness (QED) is 0.540. The van der Waals surface area contributed by atoms with Crippen LogP contribution in [0.5, 0.6) is 0 Å². The van der Waals surface area contributed by atoms with E-state index in [0.29, 0.717) is 6.42 Å². The lowest BCUT2D eigenvalue weighted by molar-refractivity contribution is -0.132. The van der Waals surface area contributed by atoms with Gasteiger partial charge in [-0.2, -0.15) is 4.37 Å². The maximum atomic E-state index is 13.4. The number of anilines is 2. The summed E-state index contributed by atoms with van der Waals surface area (Å²) in [6.07, 6.45) is 2.60. The molecule has 0 N–H and O–H groups in total. The van der Waals surface area contributed by atoms with Crippen molar-refractivity contribution in [3.63, 3.8) is 0 Å². The normalized spacial score (nSPS) is 18.7. The maximum Gasteiger partial charge on any atom is 0.245 e. The van der Waals surface area contributed by atoms with Gasteiger partial charge in [-0.05, 0) is 43.5 Å². The summed E-state index contributed by atoms with van der Waals surface area (Å²) in [7, 11) is 0. The fourth-order valence-electron chi connectivity index (χ4n) is 4.64. The fraction of sp³-hybridized carbons (Fsp3) is 0.400. The van der Waals surface area contributed by atoms with Gasteiger partial charge in [0.2, 0.25) is 11.0 Å². The summed E-state index contributed by atoms with van der Waals surface area (Å²) in [5.74, 6) is 1.04. The summed E-state index contributed by atoms with van der Waals surface area (Å²) >= 11 is 7.56. The Bertz CT molecular complexity index is 1110. The van der Waals surface area contributed by atoms with E-state index >= 15 is 0 Å². The van der Waals surface area contributed by atoms with Crippen LogP contribution in [-0.4, -0.2) is 58.9 Å². The predicted octanol–water partition coefficient (Wildman–Crippen LogP) is 4.41. The van der Waals surface area contributed by atoms with Gasteiger partial charge in [0.05, 0.1) is 0 Å². The average molecular weight is 482 g/mol. The van der Waals surface area contributed by atoms with Crippen LogP contribution >= 0.6 is 23.1 Å². The molecule has 0 aliphatic carbocycles. The zero-order chi connectivity index (χ0) is 22.8. The van der Waals surface area contributed by atoms with Crippen LogP contribution in [0.25, 0.3) is 0 Å². The van der Waals surface area contributed by atoms with E-state index in [9.17, 15) is 4.79 Å². The van der Waals surface area contributed by atoms with Crippen molar-refractivity contribution in [1.82, 2.24) is 14.3 Å². The first-order valence-electron chi connectivity index (χ1n) is 11.5. The minimum Gasteiger partial charge on any atom is -0.368 e. The summed E-state index contributed by atoms with van der Waals surface area (Å²) in [5, 5.41) is 1.61. The van der Waals surface area contributed by atoms with E-state index in [1.54, 1.807) is 0 Å². The topological polar surface area (TPSA) is 52.6 Å². The third-order valence-electron chi connectivity index (χ3n) is 6.49. The highest BCUT2D eigenvalue weighted by Crippen LogP contribution is 2.29. The van der Waals surface area contributed by atoms with Crippen molar-refractivity contribution in [1.29, 1.82) is 0 Å². The number of aromatic nitrogens is 2. The zero-order valence-electron chi connectivity index (χ0n) is 18.8. The minimum absolute atomic E-state index is 0.136. The van der Waals surface area contributed by atoms with E-state index in [-0.39, 0.29) is 11.9 Å². The Morgan fingerprint density at radius 3 is 2.64 bits per heavy atom. The fourth-order valence-corrected chi connectivity index (χ4v) is 5.59. The molecule has 0 spiro atoms. The van der Waals surface area contributed by atoms with Crippen LogP contribution in [0, 0.1) is 6.92 Å². The number of amides is 1. The number of carbonyl (C=O) groups is 1. The lowest BCUT2D eigenvalue weighted by atomic mass is 10.1. The highest BCUT2D eigenvalue weighted by Gasteiger charge is 2.36. The van der Waals surface area contributed by atoms with Gasteiger partial charge >= 0.3 is 0 Å². The van der Waals surface area contributed by atoms with E-state index in [1.165, 1.54) is 22.7 Å². The van der Waals surface area contributed by atoms with Crippen LogP contribution in [0.4, 0.5) is 10.8 Å². The molecule has 1 unspecified atom stereocenters. The van der Waals surface area contributed by atoms with E-state index in [2.05, 4.69) is 51.4 Å². The van der Waals surface area contributed by atoms with Crippen molar-refractivity contribution < 1.29 is 4.79 Å². The van der Waals surface area contributed by atoms with Gasteiger partial charge in [-0.15, -0.1) is 0 Å². The van der Waals surface area contributed by atoms with E-state index < -0.39 is 0 Å². The molecule has 0 bridgehead atoms. The molecule has 8 heteroatoms.